The maximum absolute atomic E-state index is 13.3. The summed E-state index contributed by atoms with van der Waals surface area (Å²) < 4.78 is 15.8. The highest BCUT2D eigenvalue weighted by Crippen LogP contribution is 2.43. The second-order valence-corrected chi connectivity index (χ2v) is 7.19. The second kappa shape index (κ2) is 9.55. The lowest BCUT2D eigenvalue weighted by Crippen LogP contribution is -2.16. The van der Waals surface area contributed by atoms with Crippen molar-refractivity contribution < 1.29 is 23.8 Å². The number of methoxy groups -OCH3 is 1. The van der Waals surface area contributed by atoms with Gasteiger partial charge >= 0.3 is 11.9 Å². The number of hydrogen-bond acceptors (Lipinski definition) is 8. The minimum atomic E-state index is -0.770. The Labute approximate surface area is 196 Å². The molecule has 2 aliphatic rings. The van der Waals surface area contributed by atoms with E-state index in [1.807, 2.05) is 0 Å². The Bertz CT molecular complexity index is 1410. The van der Waals surface area contributed by atoms with Gasteiger partial charge in [-0.3, -0.25) is 0 Å². The molecule has 0 saturated heterocycles. The first-order valence-electron chi connectivity index (χ1n) is 10.7. The summed E-state index contributed by atoms with van der Waals surface area (Å²) in [5.41, 5.74) is 1.93. The Kier molecular flexibility index (Phi) is 6.37. The van der Waals surface area contributed by atoms with Crippen LogP contribution in [-0.2, 0) is 9.47 Å². The molecular weight excluding hydrogens is 434 g/mol. The molecule has 0 bridgehead atoms. The van der Waals surface area contributed by atoms with Crippen molar-refractivity contribution >= 4 is 22.8 Å². The lowest BCUT2D eigenvalue weighted by molar-refractivity contribution is 0.0475. The van der Waals surface area contributed by atoms with E-state index in [2.05, 4.69) is 16.0 Å². The van der Waals surface area contributed by atoms with Crippen molar-refractivity contribution in [2.75, 3.05) is 20.3 Å². The summed E-state index contributed by atoms with van der Waals surface area (Å²) >= 11 is 0. The molecule has 2 aromatic rings. The van der Waals surface area contributed by atoms with Crippen LogP contribution in [0.4, 0.5) is 0 Å². The van der Waals surface area contributed by atoms with Gasteiger partial charge in [0.1, 0.15) is 23.1 Å². The fourth-order valence-electron chi connectivity index (χ4n) is 3.83. The van der Waals surface area contributed by atoms with Gasteiger partial charge in [-0.25, -0.2) is 19.6 Å². The summed E-state index contributed by atoms with van der Waals surface area (Å²) in [5, 5.41) is 10.5. The number of nitrogens with zero attached hydrogens (tertiary/aromatic N) is 3. The standard InChI is InChI=1S/C26H21N3O5/c1-4-33-25(30)22-21-20(15-10-12-16(32-3)13-11-15)19(14-27)29-23(21)17-8-6-7-9-18(17)28-24(22)26(31)34-5-2/h6-13H,4-5H2,1-3H3. The van der Waals surface area contributed by atoms with Crippen LogP contribution < -0.4 is 4.74 Å². The van der Waals surface area contributed by atoms with Gasteiger partial charge in [0.2, 0.25) is 0 Å². The molecule has 0 amide bonds. The highest BCUT2D eigenvalue weighted by molar-refractivity contribution is 6.14. The lowest BCUT2D eigenvalue weighted by Gasteiger charge is -2.11. The van der Waals surface area contributed by atoms with Gasteiger partial charge < -0.3 is 14.2 Å². The molecule has 2 aromatic carbocycles. The zero-order valence-electron chi connectivity index (χ0n) is 18.9. The van der Waals surface area contributed by atoms with Crippen molar-refractivity contribution in [2.24, 2.45) is 0 Å². The van der Waals surface area contributed by atoms with Crippen LogP contribution in [-0.4, -0.2) is 42.2 Å². The maximum atomic E-state index is 13.3. The van der Waals surface area contributed by atoms with Gasteiger partial charge in [0.15, 0.2) is 5.69 Å². The predicted octanol–water partition coefficient (Wildman–Crippen LogP) is 4.64. The Morgan fingerprint density at radius 1 is 0.912 bits per heavy atom. The van der Waals surface area contributed by atoms with E-state index in [0.29, 0.717) is 39.0 Å². The average molecular weight is 455 g/mol. The van der Waals surface area contributed by atoms with E-state index in [1.165, 1.54) is 0 Å². The quantitative estimate of drug-likeness (QED) is 0.387. The Hall–Kier alpha value is -4.51. The summed E-state index contributed by atoms with van der Waals surface area (Å²) in [6.07, 6.45) is 0. The molecule has 8 nitrogen and oxygen atoms in total. The van der Waals surface area contributed by atoms with Crippen molar-refractivity contribution in [1.29, 1.82) is 5.26 Å². The van der Waals surface area contributed by atoms with E-state index in [9.17, 15) is 14.9 Å². The minimum absolute atomic E-state index is 0.0812. The molecule has 170 valence electrons. The number of rotatable bonds is 6. The molecule has 4 rings (SSSR count). The Morgan fingerprint density at radius 3 is 2.24 bits per heavy atom. The number of fused-ring (bicyclic) bond motifs is 3. The molecule has 0 N–H and O–H groups in total. The summed E-state index contributed by atoms with van der Waals surface area (Å²) in [5.74, 6) is -0.898. The van der Waals surface area contributed by atoms with E-state index in [0.717, 1.165) is 0 Å². The van der Waals surface area contributed by atoms with Gasteiger partial charge in [-0.1, -0.05) is 30.3 Å². The van der Waals surface area contributed by atoms with E-state index in [-0.39, 0.29) is 30.2 Å². The van der Waals surface area contributed by atoms with Crippen molar-refractivity contribution in [3.63, 3.8) is 0 Å². The first-order valence-corrected chi connectivity index (χ1v) is 10.7. The van der Waals surface area contributed by atoms with Crippen molar-refractivity contribution in [1.82, 2.24) is 9.97 Å². The molecule has 34 heavy (non-hydrogen) atoms. The number of carbonyl (C=O) groups excluding carboxylic acids is 2. The van der Waals surface area contributed by atoms with Crippen LogP contribution in [0.25, 0.3) is 33.3 Å². The molecule has 0 aliphatic carbocycles. The average Bonchev–Trinajstić information content (AvgIpc) is 3.16. The van der Waals surface area contributed by atoms with Gasteiger partial charge in [0, 0.05) is 16.5 Å². The number of para-hydroxylation sites is 1. The third kappa shape index (κ3) is 3.88. The van der Waals surface area contributed by atoms with E-state index in [4.69, 9.17) is 14.2 Å². The summed E-state index contributed by atoms with van der Waals surface area (Å²) in [6, 6.07) is 16.2. The first-order chi connectivity index (χ1) is 16.5. The number of ether oxygens (including phenoxy) is 3. The molecule has 2 aliphatic heterocycles. The van der Waals surface area contributed by atoms with Crippen LogP contribution in [0.1, 0.15) is 40.4 Å². The molecular formula is C26H21N3O5. The van der Waals surface area contributed by atoms with Crippen LogP contribution in [0.2, 0.25) is 0 Å². The highest BCUT2D eigenvalue weighted by Gasteiger charge is 2.33. The largest absolute Gasteiger partial charge is 0.497 e. The van der Waals surface area contributed by atoms with Crippen LogP contribution in [0.3, 0.4) is 0 Å². The van der Waals surface area contributed by atoms with Gasteiger partial charge in [-0.2, -0.15) is 5.26 Å². The van der Waals surface area contributed by atoms with Crippen molar-refractivity contribution in [3.8, 4) is 34.2 Å². The number of carbonyl (C=O) groups is 2. The third-order valence-corrected chi connectivity index (χ3v) is 5.26. The molecule has 0 radical (unpaired) electrons. The smallest absolute Gasteiger partial charge is 0.357 e. The Balaban J connectivity index is 2.21. The normalized spacial score (nSPS) is 10.6. The van der Waals surface area contributed by atoms with Gasteiger partial charge in [-0.15, -0.1) is 0 Å². The molecule has 0 fully saturated rings. The SMILES string of the molecule is CCOC(=O)c1nc2ccccc2c2nc(C#N)c(-c3ccc(OC)cc3)c-2c1C(=O)OCC. The first kappa shape index (κ1) is 22.7. The zero-order valence-corrected chi connectivity index (χ0v) is 18.9. The van der Waals surface area contributed by atoms with Crippen molar-refractivity contribution in [2.45, 2.75) is 13.8 Å². The minimum Gasteiger partial charge on any atom is -0.497 e. The molecule has 0 unspecified atom stereocenters. The fraction of sp³-hybridized carbons (Fsp3) is 0.192. The Morgan fingerprint density at radius 2 is 1.59 bits per heavy atom. The molecule has 8 heteroatoms. The summed E-state index contributed by atoms with van der Waals surface area (Å²) in [6.45, 7) is 3.51. The molecule has 2 heterocycles. The number of esters is 2. The van der Waals surface area contributed by atoms with Crippen LogP contribution in [0, 0.1) is 11.3 Å². The summed E-state index contributed by atoms with van der Waals surface area (Å²) in [7, 11) is 1.55. The van der Waals surface area contributed by atoms with Gasteiger partial charge in [0.05, 0.1) is 31.5 Å². The summed E-state index contributed by atoms with van der Waals surface area (Å²) in [4.78, 5) is 35.4. The highest BCUT2D eigenvalue weighted by atomic mass is 16.5. The van der Waals surface area contributed by atoms with E-state index >= 15 is 0 Å². The maximum Gasteiger partial charge on any atom is 0.357 e. The number of benzene rings is 2. The number of aromatic nitrogens is 2. The van der Waals surface area contributed by atoms with Crippen LogP contribution in [0.5, 0.6) is 5.75 Å². The molecule has 0 atom stereocenters. The predicted molar refractivity (Wildman–Crippen MR) is 125 cm³/mol. The van der Waals surface area contributed by atoms with Gasteiger partial charge in [-0.05, 0) is 37.6 Å². The fourth-order valence-corrected chi connectivity index (χ4v) is 3.83. The lowest BCUT2D eigenvalue weighted by atomic mass is 9.94. The van der Waals surface area contributed by atoms with E-state index < -0.39 is 11.9 Å². The van der Waals surface area contributed by atoms with Crippen molar-refractivity contribution in [3.05, 3.63) is 65.5 Å². The topological polar surface area (TPSA) is 111 Å². The second-order valence-electron chi connectivity index (χ2n) is 7.19. The number of nitriles is 1. The van der Waals surface area contributed by atoms with Crippen LogP contribution >= 0.6 is 0 Å². The molecule has 0 saturated carbocycles. The zero-order chi connectivity index (χ0) is 24.2. The molecule has 0 spiro atoms. The van der Waals surface area contributed by atoms with Crippen LogP contribution in [0.15, 0.2) is 48.5 Å². The number of hydrogen-bond donors (Lipinski definition) is 0. The molecule has 0 aromatic heterocycles. The monoisotopic (exact) mass is 455 g/mol. The van der Waals surface area contributed by atoms with Gasteiger partial charge in [0.25, 0.3) is 0 Å². The third-order valence-electron chi connectivity index (χ3n) is 5.26. The van der Waals surface area contributed by atoms with E-state index in [1.54, 1.807) is 69.5 Å².